The molecule has 0 radical (unpaired) electrons. The largest absolute Gasteiger partial charge is 0.444 e. The number of rotatable bonds is 3. The van der Waals surface area contributed by atoms with Crippen LogP contribution in [-0.4, -0.2) is 11.7 Å². The molecule has 0 atom stereocenters. The molecule has 2 aromatic rings. The van der Waals surface area contributed by atoms with Crippen molar-refractivity contribution < 1.29 is 9.53 Å². The first-order valence-corrected chi connectivity index (χ1v) is 7.73. The first-order chi connectivity index (χ1) is 10.8. The first kappa shape index (κ1) is 17.1. The number of anilines is 1. The molecule has 2 aromatic carbocycles. The molecular weight excluding hydrogens is 310 g/mol. The second kappa shape index (κ2) is 7.34. The van der Waals surface area contributed by atoms with Gasteiger partial charge in [0, 0.05) is 10.7 Å². The van der Waals surface area contributed by atoms with Gasteiger partial charge in [-0.25, -0.2) is 4.79 Å². The van der Waals surface area contributed by atoms with Crippen molar-refractivity contribution in [1.29, 1.82) is 0 Å². The lowest BCUT2D eigenvalue weighted by molar-refractivity contribution is 0.0636. The van der Waals surface area contributed by atoms with Crippen LogP contribution in [0.25, 0.3) is 12.2 Å². The number of ether oxygens (including phenoxy) is 1. The van der Waals surface area contributed by atoms with Gasteiger partial charge in [0.15, 0.2) is 0 Å². The van der Waals surface area contributed by atoms with E-state index < -0.39 is 11.7 Å². The number of benzene rings is 2. The van der Waals surface area contributed by atoms with Gasteiger partial charge in [-0.1, -0.05) is 48.0 Å². The van der Waals surface area contributed by atoms with Gasteiger partial charge < -0.3 is 4.74 Å². The van der Waals surface area contributed by atoms with Gasteiger partial charge in [-0.3, -0.25) is 5.32 Å². The third-order valence-electron chi connectivity index (χ3n) is 2.87. The van der Waals surface area contributed by atoms with Gasteiger partial charge in [0.05, 0.1) is 0 Å². The molecule has 2 rings (SSSR count). The van der Waals surface area contributed by atoms with E-state index in [-0.39, 0.29) is 0 Å². The first-order valence-electron chi connectivity index (χ1n) is 7.35. The summed E-state index contributed by atoms with van der Waals surface area (Å²) in [6, 6.07) is 15.1. The van der Waals surface area contributed by atoms with E-state index in [4.69, 9.17) is 16.3 Å². The van der Waals surface area contributed by atoms with Crippen LogP contribution in [0, 0.1) is 0 Å². The van der Waals surface area contributed by atoms with Gasteiger partial charge in [0.1, 0.15) is 5.60 Å². The fraction of sp³-hybridized carbons (Fsp3) is 0.211. The highest BCUT2D eigenvalue weighted by Crippen LogP contribution is 2.16. The standard InChI is InChI=1S/C19H20ClNO2/c1-19(2,3)23-18(22)21-17-6-4-5-15(13-17)8-7-14-9-11-16(20)12-10-14/h4-13H,1-3H3,(H,21,22)/b8-7+. The molecule has 0 fully saturated rings. The van der Waals surface area contributed by atoms with Crippen LogP contribution in [0.15, 0.2) is 48.5 Å². The van der Waals surface area contributed by atoms with Crippen molar-refractivity contribution in [2.24, 2.45) is 0 Å². The summed E-state index contributed by atoms with van der Waals surface area (Å²) in [5.74, 6) is 0. The molecule has 0 heterocycles. The molecule has 0 spiro atoms. The Bertz CT molecular complexity index is 700. The van der Waals surface area contributed by atoms with Crippen LogP contribution in [0.5, 0.6) is 0 Å². The lowest BCUT2D eigenvalue weighted by Crippen LogP contribution is -2.27. The van der Waals surface area contributed by atoms with Crippen LogP contribution in [0.2, 0.25) is 5.02 Å². The highest BCUT2D eigenvalue weighted by Gasteiger charge is 2.16. The summed E-state index contributed by atoms with van der Waals surface area (Å²) in [6.07, 6.45) is 3.50. The summed E-state index contributed by atoms with van der Waals surface area (Å²) < 4.78 is 5.24. The fourth-order valence-corrected chi connectivity index (χ4v) is 2.03. The van der Waals surface area contributed by atoms with Crippen LogP contribution in [0.3, 0.4) is 0 Å². The van der Waals surface area contributed by atoms with E-state index in [2.05, 4.69) is 5.32 Å². The third kappa shape index (κ3) is 6.17. The number of amides is 1. The molecule has 0 aliphatic heterocycles. The Morgan fingerprint density at radius 2 is 1.70 bits per heavy atom. The number of halogens is 1. The topological polar surface area (TPSA) is 38.3 Å². The number of hydrogen-bond acceptors (Lipinski definition) is 2. The molecule has 23 heavy (non-hydrogen) atoms. The van der Waals surface area contributed by atoms with Crippen molar-refractivity contribution in [3.8, 4) is 0 Å². The fourth-order valence-electron chi connectivity index (χ4n) is 1.91. The normalized spacial score (nSPS) is 11.5. The summed E-state index contributed by atoms with van der Waals surface area (Å²) in [5, 5.41) is 3.45. The van der Waals surface area contributed by atoms with E-state index in [1.54, 1.807) is 0 Å². The monoisotopic (exact) mass is 329 g/mol. The highest BCUT2D eigenvalue weighted by atomic mass is 35.5. The molecule has 3 nitrogen and oxygen atoms in total. The quantitative estimate of drug-likeness (QED) is 0.716. The second-order valence-corrected chi connectivity index (χ2v) is 6.57. The SMILES string of the molecule is CC(C)(C)OC(=O)Nc1cccc(/C=C/c2ccc(Cl)cc2)c1. The summed E-state index contributed by atoms with van der Waals surface area (Å²) in [6.45, 7) is 5.49. The molecule has 4 heteroatoms. The van der Waals surface area contributed by atoms with Gasteiger partial charge in [-0.15, -0.1) is 0 Å². The van der Waals surface area contributed by atoms with Crippen molar-refractivity contribution >= 4 is 35.5 Å². The zero-order chi connectivity index (χ0) is 16.9. The Kier molecular flexibility index (Phi) is 5.45. The zero-order valence-corrected chi connectivity index (χ0v) is 14.2. The third-order valence-corrected chi connectivity index (χ3v) is 3.12. The van der Waals surface area contributed by atoms with Gasteiger partial charge in [0.2, 0.25) is 0 Å². The minimum absolute atomic E-state index is 0.462. The minimum atomic E-state index is -0.518. The maximum atomic E-state index is 11.8. The maximum Gasteiger partial charge on any atom is 0.412 e. The Labute approximate surface area is 141 Å². The molecule has 0 unspecified atom stereocenters. The molecule has 0 saturated carbocycles. The molecule has 1 N–H and O–H groups in total. The average Bonchev–Trinajstić information content (AvgIpc) is 2.45. The van der Waals surface area contributed by atoms with Gasteiger partial charge in [-0.2, -0.15) is 0 Å². The van der Waals surface area contributed by atoms with Crippen molar-refractivity contribution in [3.63, 3.8) is 0 Å². The van der Waals surface area contributed by atoms with E-state index in [0.29, 0.717) is 10.7 Å². The van der Waals surface area contributed by atoms with Gasteiger partial charge in [0.25, 0.3) is 0 Å². The Morgan fingerprint density at radius 1 is 1.04 bits per heavy atom. The minimum Gasteiger partial charge on any atom is -0.444 e. The Morgan fingerprint density at radius 3 is 2.35 bits per heavy atom. The number of carbonyl (C=O) groups excluding carboxylic acids is 1. The van der Waals surface area contributed by atoms with E-state index in [1.807, 2.05) is 81.5 Å². The summed E-state index contributed by atoms with van der Waals surface area (Å²) >= 11 is 5.87. The smallest absolute Gasteiger partial charge is 0.412 e. The van der Waals surface area contributed by atoms with Crippen LogP contribution in [-0.2, 0) is 4.74 Å². The summed E-state index contributed by atoms with van der Waals surface area (Å²) in [5.41, 5.74) is 2.21. The number of nitrogens with one attached hydrogen (secondary N) is 1. The van der Waals surface area contributed by atoms with E-state index in [9.17, 15) is 4.79 Å². The zero-order valence-electron chi connectivity index (χ0n) is 13.5. The average molecular weight is 330 g/mol. The predicted molar refractivity (Wildman–Crippen MR) is 96.7 cm³/mol. The van der Waals surface area contributed by atoms with Gasteiger partial charge in [-0.05, 0) is 56.2 Å². The molecule has 0 aliphatic carbocycles. The van der Waals surface area contributed by atoms with E-state index in [1.165, 1.54) is 0 Å². The number of hydrogen-bond donors (Lipinski definition) is 1. The second-order valence-electron chi connectivity index (χ2n) is 6.14. The predicted octanol–water partition coefficient (Wildman–Crippen LogP) is 5.86. The molecule has 0 bridgehead atoms. The lowest BCUT2D eigenvalue weighted by Gasteiger charge is -2.19. The molecular formula is C19H20ClNO2. The lowest BCUT2D eigenvalue weighted by atomic mass is 10.1. The Hall–Kier alpha value is -2.26. The maximum absolute atomic E-state index is 11.8. The van der Waals surface area contributed by atoms with Gasteiger partial charge >= 0.3 is 6.09 Å². The van der Waals surface area contributed by atoms with Crippen molar-refractivity contribution in [2.75, 3.05) is 5.32 Å². The molecule has 0 aromatic heterocycles. The molecule has 1 amide bonds. The number of carbonyl (C=O) groups is 1. The van der Waals surface area contributed by atoms with Crippen molar-refractivity contribution in [1.82, 2.24) is 0 Å². The van der Waals surface area contributed by atoms with E-state index in [0.717, 1.165) is 11.1 Å². The van der Waals surface area contributed by atoms with Crippen molar-refractivity contribution in [3.05, 3.63) is 64.7 Å². The Balaban J connectivity index is 2.05. The molecule has 0 saturated heterocycles. The summed E-state index contributed by atoms with van der Waals surface area (Å²) in [4.78, 5) is 11.8. The van der Waals surface area contributed by atoms with Crippen LogP contribution in [0.1, 0.15) is 31.9 Å². The van der Waals surface area contributed by atoms with Crippen molar-refractivity contribution in [2.45, 2.75) is 26.4 Å². The summed E-state index contributed by atoms with van der Waals surface area (Å²) in [7, 11) is 0. The van der Waals surface area contributed by atoms with Crippen LogP contribution in [0.4, 0.5) is 10.5 Å². The molecule has 0 aliphatic rings. The van der Waals surface area contributed by atoms with Crippen LogP contribution < -0.4 is 5.32 Å². The van der Waals surface area contributed by atoms with Crippen LogP contribution >= 0.6 is 11.6 Å². The highest BCUT2D eigenvalue weighted by molar-refractivity contribution is 6.30. The molecule has 120 valence electrons. The van der Waals surface area contributed by atoms with E-state index >= 15 is 0 Å².